The highest BCUT2D eigenvalue weighted by molar-refractivity contribution is 5.60. The van der Waals surface area contributed by atoms with Crippen molar-refractivity contribution >= 4 is 6.29 Å². The molecule has 0 radical (unpaired) electrons. The van der Waals surface area contributed by atoms with Crippen molar-refractivity contribution in [3.63, 3.8) is 0 Å². The van der Waals surface area contributed by atoms with Gasteiger partial charge in [-0.05, 0) is 25.8 Å². The topological polar surface area (TPSA) is 29.1 Å². The highest BCUT2D eigenvalue weighted by Gasteiger charge is 2.29. The fourth-order valence-electron chi connectivity index (χ4n) is 1.60. The Morgan fingerprint density at radius 2 is 2.45 bits per heavy atom. The molecule has 0 saturated carbocycles. The second-order valence-corrected chi connectivity index (χ2v) is 3.25. The molecule has 0 spiro atoms. The first-order chi connectivity index (χ1) is 5.33. The predicted octanol–water partition coefficient (Wildman–Crippen LogP) is 1.13. The van der Waals surface area contributed by atoms with Crippen molar-refractivity contribution in [2.24, 2.45) is 5.41 Å². The maximum absolute atomic E-state index is 10.8. The number of hydrogen-bond acceptors (Lipinski definition) is 2. The van der Waals surface area contributed by atoms with Crippen LogP contribution < -0.4 is 5.32 Å². The fraction of sp³-hybridized carbons (Fsp3) is 0.667. The Kier molecular flexibility index (Phi) is 2.83. The van der Waals surface area contributed by atoms with Crippen molar-refractivity contribution in [3.05, 3.63) is 12.7 Å². The van der Waals surface area contributed by atoms with Crippen LogP contribution in [0.2, 0.25) is 0 Å². The summed E-state index contributed by atoms with van der Waals surface area (Å²) >= 11 is 0. The Labute approximate surface area is 67.7 Å². The van der Waals surface area contributed by atoms with Crippen molar-refractivity contribution in [2.45, 2.75) is 19.3 Å². The first-order valence-electron chi connectivity index (χ1n) is 4.11. The lowest BCUT2D eigenvalue weighted by Gasteiger charge is -2.31. The molecule has 0 aliphatic carbocycles. The smallest absolute Gasteiger partial charge is 0.127 e. The lowest BCUT2D eigenvalue weighted by molar-refractivity contribution is -0.116. The lowest BCUT2D eigenvalue weighted by Crippen LogP contribution is -2.40. The Hall–Kier alpha value is -0.630. The van der Waals surface area contributed by atoms with Gasteiger partial charge in [-0.25, -0.2) is 0 Å². The van der Waals surface area contributed by atoms with Gasteiger partial charge in [-0.3, -0.25) is 0 Å². The summed E-state index contributed by atoms with van der Waals surface area (Å²) in [6.07, 6.45) is 5.84. The van der Waals surface area contributed by atoms with Crippen LogP contribution in [0.15, 0.2) is 12.7 Å². The van der Waals surface area contributed by atoms with Gasteiger partial charge < -0.3 is 10.1 Å². The molecule has 1 unspecified atom stereocenters. The maximum Gasteiger partial charge on any atom is 0.127 e. The molecule has 2 nitrogen and oxygen atoms in total. The monoisotopic (exact) mass is 153 g/mol. The molecular weight excluding hydrogens is 138 g/mol. The fourth-order valence-corrected chi connectivity index (χ4v) is 1.60. The number of carbonyl (C=O) groups excluding carboxylic acids is 1. The molecule has 62 valence electrons. The largest absolute Gasteiger partial charge is 0.316 e. The van der Waals surface area contributed by atoms with E-state index in [9.17, 15) is 4.79 Å². The molecule has 1 N–H and O–H groups in total. The van der Waals surface area contributed by atoms with Gasteiger partial charge in [0, 0.05) is 12.0 Å². The molecule has 0 amide bonds. The summed E-state index contributed by atoms with van der Waals surface area (Å²) in [5.74, 6) is 0. The van der Waals surface area contributed by atoms with E-state index in [0.29, 0.717) is 0 Å². The predicted molar refractivity (Wildman–Crippen MR) is 45.4 cm³/mol. The van der Waals surface area contributed by atoms with Crippen LogP contribution in [0.1, 0.15) is 19.3 Å². The SMILES string of the molecule is C=CCC1(C=O)CCCNC1. The molecule has 0 bridgehead atoms. The van der Waals surface area contributed by atoms with Gasteiger partial charge in [0.25, 0.3) is 0 Å². The molecule has 0 aromatic heterocycles. The molecular formula is C9H15NO. The minimum absolute atomic E-state index is 0.139. The van der Waals surface area contributed by atoms with Crippen LogP contribution in [0.4, 0.5) is 0 Å². The summed E-state index contributed by atoms with van der Waals surface area (Å²) < 4.78 is 0. The first-order valence-corrected chi connectivity index (χ1v) is 4.11. The van der Waals surface area contributed by atoms with Crippen molar-refractivity contribution in [1.82, 2.24) is 5.32 Å². The molecule has 1 aliphatic rings. The molecule has 11 heavy (non-hydrogen) atoms. The third-order valence-corrected chi connectivity index (χ3v) is 2.31. The van der Waals surface area contributed by atoms with E-state index in [1.54, 1.807) is 0 Å². The molecule has 1 fully saturated rings. The Bertz CT molecular complexity index is 148. The number of piperidine rings is 1. The molecule has 1 saturated heterocycles. The van der Waals surface area contributed by atoms with Crippen molar-refractivity contribution in [2.75, 3.05) is 13.1 Å². The Balaban J connectivity index is 2.56. The van der Waals surface area contributed by atoms with E-state index in [1.165, 1.54) is 0 Å². The number of aldehydes is 1. The summed E-state index contributed by atoms with van der Waals surface area (Å²) in [5.41, 5.74) is -0.139. The van der Waals surface area contributed by atoms with Gasteiger partial charge in [0.05, 0.1) is 0 Å². The highest BCUT2D eigenvalue weighted by atomic mass is 16.1. The molecule has 2 heteroatoms. The van der Waals surface area contributed by atoms with Crippen LogP contribution in [0.5, 0.6) is 0 Å². The summed E-state index contributed by atoms with van der Waals surface area (Å²) in [6.45, 7) is 5.53. The molecule has 1 heterocycles. The van der Waals surface area contributed by atoms with Crippen molar-refractivity contribution < 1.29 is 4.79 Å². The van der Waals surface area contributed by atoms with Crippen LogP contribution in [0, 0.1) is 5.41 Å². The van der Waals surface area contributed by atoms with Gasteiger partial charge in [0.15, 0.2) is 0 Å². The van der Waals surface area contributed by atoms with Crippen molar-refractivity contribution in [1.29, 1.82) is 0 Å². The first kappa shape index (κ1) is 8.47. The third-order valence-electron chi connectivity index (χ3n) is 2.31. The van der Waals surface area contributed by atoms with Gasteiger partial charge >= 0.3 is 0 Å². The van der Waals surface area contributed by atoms with E-state index in [1.807, 2.05) is 6.08 Å². The number of allylic oxidation sites excluding steroid dienone is 1. The molecule has 0 aromatic carbocycles. The third kappa shape index (κ3) is 1.90. The summed E-state index contributed by atoms with van der Waals surface area (Å²) in [7, 11) is 0. The lowest BCUT2D eigenvalue weighted by atomic mass is 9.79. The maximum atomic E-state index is 10.8. The van der Waals surface area contributed by atoms with Gasteiger partial charge in [0.2, 0.25) is 0 Å². The number of nitrogens with one attached hydrogen (secondary N) is 1. The summed E-state index contributed by atoms with van der Waals surface area (Å²) in [6, 6.07) is 0. The molecule has 0 aromatic rings. The van der Waals surface area contributed by atoms with E-state index in [0.717, 1.165) is 38.6 Å². The van der Waals surface area contributed by atoms with E-state index in [-0.39, 0.29) is 5.41 Å². The summed E-state index contributed by atoms with van der Waals surface area (Å²) in [4.78, 5) is 10.8. The van der Waals surface area contributed by atoms with Gasteiger partial charge in [-0.2, -0.15) is 0 Å². The van der Waals surface area contributed by atoms with Crippen LogP contribution in [-0.4, -0.2) is 19.4 Å². The van der Waals surface area contributed by atoms with Crippen LogP contribution in [0.3, 0.4) is 0 Å². The van der Waals surface area contributed by atoms with Crippen LogP contribution >= 0.6 is 0 Å². The van der Waals surface area contributed by atoms with Crippen molar-refractivity contribution in [3.8, 4) is 0 Å². The average molecular weight is 153 g/mol. The molecule has 1 aliphatic heterocycles. The zero-order valence-electron chi connectivity index (χ0n) is 6.81. The minimum Gasteiger partial charge on any atom is -0.316 e. The second-order valence-electron chi connectivity index (χ2n) is 3.25. The quantitative estimate of drug-likeness (QED) is 0.486. The van der Waals surface area contributed by atoms with Gasteiger partial charge in [0.1, 0.15) is 6.29 Å². The van der Waals surface area contributed by atoms with E-state index < -0.39 is 0 Å². The average Bonchev–Trinajstić information content (AvgIpc) is 2.07. The normalized spacial score (nSPS) is 31.3. The minimum atomic E-state index is -0.139. The Morgan fingerprint density at radius 1 is 1.64 bits per heavy atom. The zero-order valence-corrected chi connectivity index (χ0v) is 6.81. The highest BCUT2D eigenvalue weighted by Crippen LogP contribution is 2.27. The number of hydrogen-bond donors (Lipinski definition) is 1. The van der Waals surface area contributed by atoms with E-state index in [4.69, 9.17) is 0 Å². The Morgan fingerprint density at radius 3 is 2.91 bits per heavy atom. The summed E-state index contributed by atoms with van der Waals surface area (Å²) in [5, 5.41) is 3.23. The van der Waals surface area contributed by atoms with Gasteiger partial charge in [-0.15, -0.1) is 6.58 Å². The van der Waals surface area contributed by atoms with Crippen LogP contribution in [-0.2, 0) is 4.79 Å². The van der Waals surface area contributed by atoms with Crippen LogP contribution in [0.25, 0.3) is 0 Å². The molecule has 1 atom stereocenters. The second kappa shape index (κ2) is 3.67. The van der Waals surface area contributed by atoms with E-state index in [2.05, 4.69) is 11.9 Å². The van der Waals surface area contributed by atoms with E-state index >= 15 is 0 Å². The zero-order chi connectivity index (χ0) is 8.16. The van der Waals surface area contributed by atoms with Gasteiger partial charge in [-0.1, -0.05) is 6.08 Å². The number of carbonyl (C=O) groups is 1. The number of rotatable bonds is 3. The molecule has 1 rings (SSSR count). The standard InChI is InChI=1S/C9H15NO/c1-2-4-9(8-11)5-3-6-10-7-9/h2,8,10H,1,3-7H2.